The summed E-state index contributed by atoms with van der Waals surface area (Å²) in [6, 6.07) is 10.9. The number of ether oxygens (including phenoxy) is 4. The monoisotopic (exact) mass is 415 g/mol. The van der Waals surface area contributed by atoms with E-state index in [1.807, 2.05) is 24.3 Å². The number of thiophene rings is 1. The van der Waals surface area contributed by atoms with Crippen LogP contribution >= 0.6 is 11.3 Å². The number of fused-ring (bicyclic) bond motifs is 1. The molecule has 3 aromatic rings. The molecule has 152 valence electrons. The van der Waals surface area contributed by atoms with Gasteiger partial charge in [-0.1, -0.05) is 18.2 Å². The molecule has 0 saturated heterocycles. The van der Waals surface area contributed by atoms with Crippen molar-refractivity contribution in [3.05, 3.63) is 46.8 Å². The van der Waals surface area contributed by atoms with Crippen molar-refractivity contribution in [1.29, 1.82) is 0 Å². The molecule has 1 amide bonds. The first-order chi connectivity index (χ1) is 14.0. The molecule has 1 N–H and O–H groups in total. The third-order valence-corrected chi connectivity index (χ3v) is 5.47. The van der Waals surface area contributed by atoms with Gasteiger partial charge >= 0.3 is 5.97 Å². The van der Waals surface area contributed by atoms with E-state index in [-0.39, 0.29) is 12.3 Å². The number of anilines is 1. The maximum absolute atomic E-state index is 12.8. The van der Waals surface area contributed by atoms with Gasteiger partial charge in [-0.25, -0.2) is 4.79 Å². The fourth-order valence-corrected chi connectivity index (χ4v) is 4.09. The van der Waals surface area contributed by atoms with E-state index in [0.29, 0.717) is 33.4 Å². The molecule has 0 aliphatic heterocycles. The van der Waals surface area contributed by atoms with Crippen molar-refractivity contribution in [3.63, 3.8) is 0 Å². The fourth-order valence-electron chi connectivity index (χ4n) is 3.01. The SMILES string of the molecule is COC(=O)c1sc2ccccc2c1NC(=O)Cc1cc(OC)c(OC)c(OC)c1. The second-order valence-corrected chi connectivity index (χ2v) is 7.10. The molecule has 0 atom stereocenters. The van der Waals surface area contributed by atoms with Gasteiger partial charge in [-0.3, -0.25) is 4.79 Å². The van der Waals surface area contributed by atoms with E-state index in [0.717, 1.165) is 10.1 Å². The lowest BCUT2D eigenvalue weighted by molar-refractivity contribution is -0.115. The number of rotatable bonds is 7. The van der Waals surface area contributed by atoms with E-state index in [1.54, 1.807) is 12.1 Å². The van der Waals surface area contributed by atoms with Crippen LogP contribution in [0.3, 0.4) is 0 Å². The Morgan fingerprint density at radius 2 is 1.62 bits per heavy atom. The molecule has 1 aromatic heterocycles. The van der Waals surface area contributed by atoms with Crippen molar-refractivity contribution in [3.8, 4) is 17.2 Å². The number of carbonyl (C=O) groups is 2. The zero-order chi connectivity index (χ0) is 21.0. The molecular formula is C21H21NO6S. The Kier molecular flexibility index (Phi) is 6.23. The smallest absolute Gasteiger partial charge is 0.350 e. The lowest BCUT2D eigenvalue weighted by Gasteiger charge is -2.14. The van der Waals surface area contributed by atoms with Gasteiger partial charge in [0.1, 0.15) is 4.88 Å². The predicted molar refractivity (Wildman–Crippen MR) is 112 cm³/mol. The number of hydrogen-bond acceptors (Lipinski definition) is 7. The Bertz CT molecular complexity index is 1030. The lowest BCUT2D eigenvalue weighted by Crippen LogP contribution is -2.16. The van der Waals surface area contributed by atoms with Crippen LogP contribution < -0.4 is 19.5 Å². The Morgan fingerprint density at radius 3 is 2.21 bits per heavy atom. The Morgan fingerprint density at radius 1 is 0.966 bits per heavy atom. The van der Waals surface area contributed by atoms with Crippen LogP contribution in [0.2, 0.25) is 0 Å². The normalized spacial score (nSPS) is 10.5. The van der Waals surface area contributed by atoms with E-state index >= 15 is 0 Å². The number of methoxy groups -OCH3 is 4. The van der Waals surface area contributed by atoms with Crippen LogP contribution in [0.4, 0.5) is 5.69 Å². The van der Waals surface area contributed by atoms with Gasteiger partial charge in [0, 0.05) is 10.1 Å². The zero-order valence-electron chi connectivity index (χ0n) is 16.5. The number of hydrogen-bond donors (Lipinski definition) is 1. The Balaban J connectivity index is 1.91. The minimum Gasteiger partial charge on any atom is -0.493 e. The molecule has 0 unspecified atom stereocenters. The Hall–Kier alpha value is -3.26. The van der Waals surface area contributed by atoms with Crippen molar-refractivity contribution in [1.82, 2.24) is 0 Å². The third-order valence-electron chi connectivity index (χ3n) is 4.32. The Labute approximate surface area is 172 Å². The summed E-state index contributed by atoms with van der Waals surface area (Å²) in [6.45, 7) is 0. The van der Waals surface area contributed by atoms with Crippen LogP contribution in [-0.2, 0) is 16.0 Å². The highest BCUT2D eigenvalue weighted by Crippen LogP contribution is 2.39. The van der Waals surface area contributed by atoms with Crippen molar-refractivity contribution in [2.24, 2.45) is 0 Å². The molecule has 0 bridgehead atoms. The minimum atomic E-state index is -0.491. The first-order valence-electron chi connectivity index (χ1n) is 8.71. The number of benzene rings is 2. The first kappa shape index (κ1) is 20.5. The van der Waals surface area contributed by atoms with Crippen molar-refractivity contribution < 1.29 is 28.5 Å². The number of carbonyl (C=O) groups excluding carboxylic acids is 2. The molecule has 0 spiro atoms. The molecule has 8 heteroatoms. The van der Waals surface area contributed by atoms with Crippen LogP contribution in [0.1, 0.15) is 15.2 Å². The number of amides is 1. The molecule has 0 radical (unpaired) electrons. The topological polar surface area (TPSA) is 83.1 Å². The van der Waals surface area contributed by atoms with E-state index in [4.69, 9.17) is 18.9 Å². The van der Waals surface area contributed by atoms with Crippen molar-refractivity contribution >= 4 is 39.0 Å². The standard InChI is InChI=1S/C21H21NO6S/c1-25-14-9-12(10-15(26-2)19(14)27-3)11-17(23)22-18-13-7-5-6-8-16(13)29-20(18)21(24)28-4/h5-10H,11H2,1-4H3,(H,22,23). The molecule has 3 rings (SSSR count). The average molecular weight is 415 g/mol. The molecule has 0 saturated carbocycles. The molecule has 29 heavy (non-hydrogen) atoms. The quantitative estimate of drug-likeness (QED) is 0.590. The van der Waals surface area contributed by atoms with Gasteiger partial charge in [0.05, 0.1) is 40.5 Å². The number of esters is 1. The molecular weight excluding hydrogens is 394 g/mol. The van der Waals surface area contributed by atoms with E-state index < -0.39 is 5.97 Å². The zero-order valence-corrected chi connectivity index (χ0v) is 17.3. The number of nitrogens with one attached hydrogen (secondary N) is 1. The van der Waals surface area contributed by atoms with Gasteiger partial charge in [-0.15, -0.1) is 11.3 Å². The summed E-state index contributed by atoms with van der Waals surface area (Å²) in [5, 5.41) is 3.65. The molecule has 7 nitrogen and oxygen atoms in total. The van der Waals surface area contributed by atoms with E-state index in [2.05, 4.69) is 5.32 Å². The molecule has 0 fully saturated rings. The van der Waals surface area contributed by atoms with Crippen LogP contribution in [0, 0.1) is 0 Å². The lowest BCUT2D eigenvalue weighted by atomic mass is 10.1. The fraction of sp³-hybridized carbons (Fsp3) is 0.238. The summed E-state index contributed by atoms with van der Waals surface area (Å²) in [5.74, 6) is 0.606. The first-order valence-corrected chi connectivity index (χ1v) is 9.52. The van der Waals surface area contributed by atoms with Crippen LogP contribution in [-0.4, -0.2) is 40.3 Å². The summed E-state index contributed by atoms with van der Waals surface area (Å²) < 4.78 is 21.7. The maximum atomic E-state index is 12.8. The van der Waals surface area contributed by atoms with Gasteiger partial charge in [0.15, 0.2) is 11.5 Å². The van der Waals surface area contributed by atoms with Crippen molar-refractivity contribution in [2.75, 3.05) is 33.8 Å². The summed E-state index contributed by atoms with van der Waals surface area (Å²) in [7, 11) is 5.86. The van der Waals surface area contributed by atoms with Gasteiger partial charge in [-0.2, -0.15) is 0 Å². The summed E-state index contributed by atoms with van der Waals surface area (Å²) in [5.41, 5.74) is 1.13. The summed E-state index contributed by atoms with van der Waals surface area (Å²) >= 11 is 1.28. The molecule has 0 aliphatic rings. The molecule has 1 heterocycles. The van der Waals surface area contributed by atoms with E-state index in [1.165, 1.54) is 39.8 Å². The van der Waals surface area contributed by atoms with Gasteiger partial charge in [0.25, 0.3) is 0 Å². The summed E-state index contributed by atoms with van der Waals surface area (Å²) in [6.07, 6.45) is 0.0570. The van der Waals surface area contributed by atoms with Gasteiger partial charge in [0.2, 0.25) is 11.7 Å². The average Bonchev–Trinajstić information content (AvgIpc) is 3.10. The van der Waals surface area contributed by atoms with Crippen LogP contribution in [0.15, 0.2) is 36.4 Å². The second-order valence-electron chi connectivity index (χ2n) is 6.05. The highest BCUT2D eigenvalue weighted by atomic mass is 32.1. The highest BCUT2D eigenvalue weighted by Gasteiger charge is 2.21. The van der Waals surface area contributed by atoms with Crippen LogP contribution in [0.5, 0.6) is 17.2 Å². The summed E-state index contributed by atoms with van der Waals surface area (Å²) in [4.78, 5) is 25.3. The van der Waals surface area contributed by atoms with E-state index in [9.17, 15) is 9.59 Å². The maximum Gasteiger partial charge on any atom is 0.350 e. The largest absolute Gasteiger partial charge is 0.493 e. The third kappa shape index (κ3) is 4.12. The highest BCUT2D eigenvalue weighted by molar-refractivity contribution is 7.21. The van der Waals surface area contributed by atoms with Gasteiger partial charge in [-0.05, 0) is 23.8 Å². The minimum absolute atomic E-state index is 0.0570. The molecule has 2 aromatic carbocycles. The van der Waals surface area contributed by atoms with Crippen molar-refractivity contribution in [2.45, 2.75) is 6.42 Å². The molecule has 0 aliphatic carbocycles. The second kappa shape index (κ2) is 8.83. The predicted octanol–water partition coefficient (Wildman–Crippen LogP) is 3.89. The van der Waals surface area contributed by atoms with Crippen LogP contribution in [0.25, 0.3) is 10.1 Å². The van der Waals surface area contributed by atoms with Gasteiger partial charge < -0.3 is 24.3 Å².